The third-order valence-electron chi connectivity index (χ3n) is 5.45. The Morgan fingerprint density at radius 3 is 2.29 bits per heavy atom. The predicted octanol–water partition coefficient (Wildman–Crippen LogP) is 4.30. The van der Waals surface area contributed by atoms with Gasteiger partial charge in [-0.05, 0) is 50.8 Å². The molecule has 1 aliphatic rings. The van der Waals surface area contributed by atoms with E-state index in [1.807, 2.05) is 46.8 Å². The maximum Gasteiger partial charge on any atom is 0.273 e. The van der Waals surface area contributed by atoms with E-state index in [2.05, 4.69) is 5.32 Å². The van der Waals surface area contributed by atoms with E-state index in [4.69, 9.17) is 4.74 Å². The number of nitrogens with zero attached hydrogens (tertiary/aromatic N) is 2. The van der Waals surface area contributed by atoms with E-state index in [1.54, 1.807) is 6.92 Å². The predicted molar refractivity (Wildman–Crippen MR) is 119 cm³/mol. The minimum Gasteiger partial charge on any atom is -0.478 e. The molecule has 0 fully saturated rings. The van der Waals surface area contributed by atoms with Crippen LogP contribution in [0, 0.1) is 36.8 Å². The summed E-state index contributed by atoms with van der Waals surface area (Å²) in [6.07, 6.45) is -0.840. The van der Waals surface area contributed by atoms with Crippen LogP contribution < -0.4 is 15.0 Å². The van der Waals surface area contributed by atoms with Gasteiger partial charge in [0.25, 0.3) is 11.6 Å². The smallest absolute Gasteiger partial charge is 0.273 e. The first kappa shape index (κ1) is 22.3. The number of rotatable bonds is 5. The van der Waals surface area contributed by atoms with Crippen LogP contribution >= 0.6 is 0 Å². The molecule has 2 aromatic rings. The number of aryl methyl sites for hydroxylation is 3. The standard InChI is InChI=1S/C23H27N3O5/c1-12(2)21-23(28)25(18-8-7-17(26(29)30)11-19(18)31-21)16(6)22(27)24-20-14(4)9-13(3)10-15(20)5/h7-12,16,21H,1-6H3,(H,24,27). The summed E-state index contributed by atoms with van der Waals surface area (Å²) in [5.74, 6) is -0.664. The van der Waals surface area contributed by atoms with Crippen molar-refractivity contribution in [2.24, 2.45) is 5.92 Å². The van der Waals surface area contributed by atoms with Crippen molar-refractivity contribution in [1.82, 2.24) is 0 Å². The minimum atomic E-state index is -0.849. The van der Waals surface area contributed by atoms with Crippen molar-refractivity contribution in [1.29, 1.82) is 0 Å². The monoisotopic (exact) mass is 425 g/mol. The number of hydrogen-bond donors (Lipinski definition) is 1. The van der Waals surface area contributed by atoms with E-state index < -0.39 is 17.1 Å². The van der Waals surface area contributed by atoms with Gasteiger partial charge in [0.15, 0.2) is 11.9 Å². The lowest BCUT2D eigenvalue weighted by Crippen LogP contribution is -2.55. The van der Waals surface area contributed by atoms with Crippen LogP contribution in [-0.4, -0.2) is 28.9 Å². The van der Waals surface area contributed by atoms with Gasteiger partial charge < -0.3 is 10.1 Å². The average Bonchev–Trinajstić information content (AvgIpc) is 2.68. The summed E-state index contributed by atoms with van der Waals surface area (Å²) >= 11 is 0. The summed E-state index contributed by atoms with van der Waals surface area (Å²) < 4.78 is 5.80. The van der Waals surface area contributed by atoms with Crippen LogP contribution in [0.3, 0.4) is 0 Å². The van der Waals surface area contributed by atoms with Crippen molar-refractivity contribution in [3.63, 3.8) is 0 Å². The van der Waals surface area contributed by atoms with Gasteiger partial charge in [0, 0.05) is 11.8 Å². The highest BCUT2D eigenvalue weighted by Crippen LogP contribution is 2.39. The van der Waals surface area contributed by atoms with Crippen LogP contribution in [0.25, 0.3) is 0 Å². The van der Waals surface area contributed by atoms with Crippen molar-refractivity contribution in [3.8, 4) is 5.75 Å². The molecule has 8 nitrogen and oxygen atoms in total. The van der Waals surface area contributed by atoms with Crippen molar-refractivity contribution in [3.05, 3.63) is 57.1 Å². The molecule has 0 saturated heterocycles. The molecule has 0 radical (unpaired) electrons. The van der Waals surface area contributed by atoms with Gasteiger partial charge in [-0.2, -0.15) is 0 Å². The number of carbonyl (C=O) groups is 2. The van der Waals surface area contributed by atoms with Gasteiger partial charge in [-0.3, -0.25) is 24.6 Å². The molecule has 2 amide bonds. The van der Waals surface area contributed by atoms with Gasteiger partial charge in [0.2, 0.25) is 5.91 Å². The molecule has 2 aromatic carbocycles. The number of carbonyl (C=O) groups excluding carboxylic acids is 2. The maximum absolute atomic E-state index is 13.2. The Labute approximate surface area is 181 Å². The molecular weight excluding hydrogens is 398 g/mol. The van der Waals surface area contributed by atoms with Gasteiger partial charge in [0.1, 0.15) is 6.04 Å². The molecule has 0 aliphatic carbocycles. The largest absolute Gasteiger partial charge is 0.478 e. The number of non-ortho nitro benzene ring substituents is 1. The molecule has 1 heterocycles. The summed E-state index contributed by atoms with van der Waals surface area (Å²) in [6.45, 7) is 11.1. The quantitative estimate of drug-likeness (QED) is 0.568. The van der Waals surface area contributed by atoms with Crippen molar-refractivity contribution < 1.29 is 19.2 Å². The SMILES string of the molecule is Cc1cc(C)c(NC(=O)C(C)N2C(=O)C(C(C)C)Oc3cc([N+](=O)[O-])ccc32)c(C)c1. The highest BCUT2D eigenvalue weighted by molar-refractivity contribution is 6.08. The molecule has 2 unspecified atom stereocenters. The summed E-state index contributed by atoms with van der Waals surface area (Å²) in [6, 6.07) is 7.17. The number of nitrogens with one attached hydrogen (secondary N) is 1. The summed E-state index contributed by atoms with van der Waals surface area (Å²) in [5, 5.41) is 14.1. The molecule has 0 aromatic heterocycles. The van der Waals surface area contributed by atoms with Gasteiger partial charge in [-0.15, -0.1) is 0 Å². The summed E-state index contributed by atoms with van der Waals surface area (Å²) in [7, 11) is 0. The molecule has 31 heavy (non-hydrogen) atoms. The number of fused-ring (bicyclic) bond motifs is 1. The zero-order valence-electron chi connectivity index (χ0n) is 18.6. The Bertz CT molecular complexity index is 1040. The van der Waals surface area contributed by atoms with Gasteiger partial charge in [-0.25, -0.2) is 0 Å². The first-order valence-corrected chi connectivity index (χ1v) is 10.2. The Hall–Kier alpha value is -3.42. The second-order valence-corrected chi connectivity index (χ2v) is 8.34. The van der Waals surface area contributed by atoms with E-state index in [0.717, 1.165) is 16.7 Å². The number of benzene rings is 2. The fourth-order valence-corrected chi connectivity index (χ4v) is 3.90. The number of anilines is 2. The summed E-state index contributed by atoms with van der Waals surface area (Å²) in [4.78, 5) is 38.4. The molecule has 8 heteroatoms. The van der Waals surface area contributed by atoms with Crippen LogP contribution in [-0.2, 0) is 9.59 Å². The minimum absolute atomic E-state index is 0.140. The van der Waals surface area contributed by atoms with Crippen LogP contribution in [0.4, 0.5) is 17.1 Å². The van der Waals surface area contributed by atoms with E-state index in [0.29, 0.717) is 11.4 Å². The number of amides is 2. The van der Waals surface area contributed by atoms with Crippen LogP contribution in [0.15, 0.2) is 30.3 Å². The third-order valence-corrected chi connectivity index (χ3v) is 5.45. The third kappa shape index (κ3) is 4.23. The Morgan fingerprint density at radius 1 is 1.13 bits per heavy atom. The lowest BCUT2D eigenvalue weighted by atomic mass is 10.0. The van der Waals surface area contributed by atoms with E-state index >= 15 is 0 Å². The normalized spacial score (nSPS) is 16.5. The van der Waals surface area contributed by atoms with E-state index in [1.165, 1.54) is 23.1 Å². The Morgan fingerprint density at radius 2 is 1.74 bits per heavy atom. The highest BCUT2D eigenvalue weighted by Gasteiger charge is 2.41. The van der Waals surface area contributed by atoms with Gasteiger partial charge in [-0.1, -0.05) is 31.5 Å². The topological polar surface area (TPSA) is 102 Å². The molecular formula is C23H27N3O5. The van der Waals surface area contributed by atoms with Crippen LogP contribution in [0.5, 0.6) is 5.75 Å². The number of ether oxygens (including phenoxy) is 1. The molecule has 1 aliphatic heterocycles. The lowest BCUT2D eigenvalue weighted by molar-refractivity contribution is -0.384. The van der Waals surface area contributed by atoms with Crippen LogP contribution in [0.2, 0.25) is 0 Å². The average molecular weight is 425 g/mol. The first-order chi connectivity index (χ1) is 14.5. The molecule has 164 valence electrons. The molecule has 3 rings (SSSR count). The maximum atomic E-state index is 13.2. The fourth-order valence-electron chi connectivity index (χ4n) is 3.90. The van der Waals surface area contributed by atoms with Crippen molar-refractivity contribution >= 4 is 28.9 Å². The highest BCUT2D eigenvalue weighted by atomic mass is 16.6. The molecule has 0 spiro atoms. The molecule has 2 atom stereocenters. The second-order valence-electron chi connectivity index (χ2n) is 8.34. The van der Waals surface area contributed by atoms with E-state index in [-0.39, 0.29) is 29.2 Å². The lowest BCUT2D eigenvalue weighted by Gasteiger charge is -2.38. The van der Waals surface area contributed by atoms with E-state index in [9.17, 15) is 19.7 Å². The fraction of sp³-hybridized carbons (Fsp3) is 0.391. The zero-order valence-corrected chi connectivity index (χ0v) is 18.6. The van der Waals surface area contributed by atoms with Crippen molar-refractivity contribution in [2.75, 3.05) is 10.2 Å². The van der Waals surface area contributed by atoms with Gasteiger partial charge >= 0.3 is 0 Å². The molecule has 0 bridgehead atoms. The zero-order chi connectivity index (χ0) is 23.0. The number of nitro benzene ring substituents is 1. The first-order valence-electron chi connectivity index (χ1n) is 10.2. The molecule has 0 saturated carbocycles. The number of hydrogen-bond acceptors (Lipinski definition) is 5. The number of nitro groups is 1. The summed E-state index contributed by atoms with van der Waals surface area (Å²) in [5.41, 5.74) is 3.88. The second kappa shape index (κ2) is 8.37. The van der Waals surface area contributed by atoms with Crippen molar-refractivity contribution in [2.45, 2.75) is 53.7 Å². The van der Waals surface area contributed by atoms with Crippen LogP contribution in [0.1, 0.15) is 37.5 Å². The molecule has 1 N–H and O–H groups in total. The van der Waals surface area contributed by atoms with Gasteiger partial charge in [0.05, 0.1) is 16.7 Å². The Balaban J connectivity index is 1.99. The Kier molecular flexibility index (Phi) is 6.01.